The molecule has 1 amide bonds. The van der Waals surface area contributed by atoms with Crippen molar-refractivity contribution in [2.75, 3.05) is 13.1 Å². The van der Waals surface area contributed by atoms with Crippen molar-refractivity contribution in [2.24, 2.45) is 11.7 Å². The number of carbonyl (C=O) groups excluding carboxylic acids is 1. The highest BCUT2D eigenvalue weighted by Gasteiger charge is 2.50. The lowest BCUT2D eigenvalue weighted by Gasteiger charge is -2.39. The molecule has 2 bridgehead atoms. The van der Waals surface area contributed by atoms with E-state index < -0.39 is 5.60 Å². The van der Waals surface area contributed by atoms with E-state index >= 15 is 0 Å². The van der Waals surface area contributed by atoms with Crippen molar-refractivity contribution in [1.82, 2.24) is 4.90 Å². The average molecular weight is 242 g/mol. The fraction of sp³-hybridized carbons (Fsp3) is 0.923. The number of likely N-dealkylation sites (tertiary alicyclic amines) is 1. The summed E-state index contributed by atoms with van der Waals surface area (Å²) in [5, 5.41) is 0. The summed E-state index contributed by atoms with van der Waals surface area (Å²) in [4.78, 5) is 14.1. The van der Waals surface area contributed by atoms with Crippen LogP contribution in [0.4, 0.5) is 4.79 Å². The Kier molecular flexibility index (Phi) is 3.10. The molecule has 4 nitrogen and oxygen atoms in total. The van der Waals surface area contributed by atoms with Gasteiger partial charge in [0.2, 0.25) is 0 Å². The maximum absolute atomic E-state index is 12.2. The maximum atomic E-state index is 12.2. The van der Waals surface area contributed by atoms with E-state index in [1.165, 1.54) is 12.8 Å². The van der Waals surface area contributed by atoms with Gasteiger partial charge in [-0.1, -0.05) is 6.42 Å². The Balaban J connectivity index is 0.00000162. The van der Waals surface area contributed by atoms with Crippen molar-refractivity contribution < 1.29 is 11.0 Å². The second kappa shape index (κ2) is 4.16. The second-order valence-corrected chi connectivity index (χ2v) is 6.48. The Hall–Kier alpha value is -0.770. The molecule has 2 unspecified atom stereocenters. The first-order valence-corrected chi connectivity index (χ1v) is 6.57. The zero-order chi connectivity index (χ0) is 12.7. The van der Waals surface area contributed by atoms with Gasteiger partial charge in [-0.2, -0.15) is 0 Å². The summed E-state index contributed by atoms with van der Waals surface area (Å²) in [7, 11) is 0. The molecule has 2 rings (SSSR count). The number of nitrogens with zero attached hydrogens (tertiary/aromatic N) is 1. The number of carbonyl (C=O) groups is 1. The Morgan fingerprint density at radius 1 is 1.59 bits per heavy atom. The van der Waals surface area contributed by atoms with E-state index in [1.807, 2.05) is 25.7 Å². The van der Waals surface area contributed by atoms with E-state index in [2.05, 4.69) is 0 Å². The van der Waals surface area contributed by atoms with Crippen molar-refractivity contribution in [3.05, 3.63) is 0 Å². The summed E-state index contributed by atoms with van der Waals surface area (Å²) in [6, 6.07) is 0. The number of nitrogens with two attached hydrogens (primary N) is 1. The highest BCUT2D eigenvalue weighted by molar-refractivity contribution is 5.70. The largest absolute Gasteiger partial charge is 0.444 e. The Morgan fingerprint density at radius 3 is 2.88 bits per heavy atom. The normalized spacial score (nSPS) is 32.7. The molecule has 1 saturated heterocycles. The van der Waals surface area contributed by atoms with Gasteiger partial charge in [-0.05, 0) is 46.0 Å². The van der Waals surface area contributed by atoms with Crippen LogP contribution in [0.3, 0.4) is 0 Å². The van der Waals surface area contributed by atoms with E-state index in [-0.39, 0.29) is 13.1 Å². The molecular formula is C13H26N2O2. The molecule has 1 aliphatic heterocycles. The predicted octanol–water partition coefficient (Wildman–Crippen LogP) is 2.37. The fourth-order valence-electron chi connectivity index (χ4n) is 3.19. The minimum Gasteiger partial charge on any atom is -0.444 e. The third kappa shape index (κ3) is 2.41. The Morgan fingerprint density at radius 2 is 2.29 bits per heavy atom. The molecule has 2 aliphatic rings. The summed E-state index contributed by atoms with van der Waals surface area (Å²) >= 11 is 0. The van der Waals surface area contributed by atoms with Gasteiger partial charge in [0.1, 0.15) is 5.60 Å². The third-order valence-corrected chi connectivity index (χ3v) is 3.93. The van der Waals surface area contributed by atoms with Crippen molar-refractivity contribution in [2.45, 2.75) is 57.6 Å². The van der Waals surface area contributed by atoms with Gasteiger partial charge < -0.3 is 15.4 Å². The van der Waals surface area contributed by atoms with E-state index in [0.29, 0.717) is 12.5 Å². The highest BCUT2D eigenvalue weighted by atomic mass is 16.6. The fourth-order valence-corrected chi connectivity index (χ4v) is 3.19. The van der Waals surface area contributed by atoms with E-state index in [9.17, 15) is 4.79 Å². The van der Waals surface area contributed by atoms with Crippen LogP contribution >= 0.6 is 0 Å². The first-order valence-electron chi connectivity index (χ1n) is 6.57. The predicted molar refractivity (Wildman–Crippen MR) is 68.8 cm³/mol. The van der Waals surface area contributed by atoms with Crippen LogP contribution in [0.2, 0.25) is 0 Å². The number of amides is 1. The molecule has 2 N–H and O–H groups in total. The van der Waals surface area contributed by atoms with Crippen LogP contribution in [0.25, 0.3) is 0 Å². The molecule has 0 aromatic rings. The topological polar surface area (TPSA) is 55.6 Å². The molecular weight excluding hydrogens is 216 g/mol. The van der Waals surface area contributed by atoms with E-state index in [1.54, 1.807) is 0 Å². The molecule has 1 aliphatic carbocycles. The number of hydrogen-bond donors (Lipinski definition) is 1. The SMILES string of the molecule is CC(C)(C)OC(=O)N1CC2CCCC1(CN)C2.[HH]. The van der Waals surface area contributed by atoms with Crippen LogP contribution in [-0.2, 0) is 4.74 Å². The van der Waals surface area contributed by atoms with Gasteiger partial charge in [0.25, 0.3) is 0 Å². The van der Waals surface area contributed by atoms with Gasteiger partial charge in [-0.15, -0.1) is 0 Å². The molecule has 2 fully saturated rings. The number of hydrogen-bond acceptors (Lipinski definition) is 3. The quantitative estimate of drug-likeness (QED) is 0.768. The Labute approximate surface area is 105 Å². The summed E-state index contributed by atoms with van der Waals surface area (Å²) in [6.07, 6.45) is 4.30. The zero-order valence-corrected chi connectivity index (χ0v) is 11.2. The van der Waals surface area contributed by atoms with Gasteiger partial charge in [0, 0.05) is 14.5 Å². The van der Waals surface area contributed by atoms with E-state index in [4.69, 9.17) is 10.5 Å². The molecule has 0 spiro atoms. The molecule has 17 heavy (non-hydrogen) atoms. The van der Waals surface area contributed by atoms with Crippen molar-refractivity contribution in [3.63, 3.8) is 0 Å². The second-order valence-electron chi connectivity index (χ2n) is 6.48. The molecule has 0 radical (unpaired) electrons. The molecule has 0 aromatic carbocycles. The van der Waals surface area contributed by atoms with Crippen LogP contribution in [0, 0.1) is 5.92 Å². The monoisotopic (exact) mass is 242 g/mol. The van der Waals surface area contributed by atoms with Crippen LogP contribution in [0.1, 0.15) is 47.9 Å². The maximum Gasteiger partial charge on any atom is 0.410 e. The van der Waals surface area contributed by atoms with Gasteiger partial charge >= 0.3 is 6.09 Å². The highest BCUT2D eigenvalue weighted by Crippen LogP contribution is 2.43. The van der Waals surface area contributed by atoms with Crippen LogP contribution in [-0.4, -0.2) is 35.2 Å². The average Bonchev–Trinajstić information content (AvgIpc) is 2.48. The molecule has 1 saturated carbocycles. The van der Waals surface area contributed by atoms with Gasteiger partial charge in [0.05, 0.1) is 5.54 Å². The van der Waals surface area contributed by atoms with Gasteiger partial charge in [-0.25, -0.2) is 4.79 Å². The van der Waals surface area contributed by atoms with Crippen molar-refractivity contribution in [3.8, 4) is 0 Å². The molecule has 100 valence electrons. The third-order valence-electron chi connectivity index (χ3n) is 3.93. The van der Waals surface area contributed by atoms with Crippen LogP contribution < -0.4 is 5.73 Å². The molecule has 1 heterocycles. The summed E-state index contributed by atoms with van der Waals surface area (Å²) in [5.74, 6) is 0.625. The van der Waals surface area contributed by atoms with Gasteiger partial charge in [0.15, 0.2) is 0 Å². The zero-order valence-electron chi connectivity index (χ0n) is 11.2. The lowest BCUT2D eigenvalue weighted by atomic mass is 9.80. The van der Waals surface area contributed by atoms with Crippen LogP contribution in [0.5, 0.6) is 0 Å². The number of fused-ring (bicyclic) bond motifs is 2. The first kappa shape index (κ1) is 12.7. The van der Waals surface area contributed by atoms with Crippen molar-refractivity contribution >= 4 is 6.09 Å². The summed E-state index contributed by atoms with van der Waals surface area (Å²) < 4.78 is 5.49. The lowest BCUT2D eigenvalue weighted by molar-refractivity contribution is 0.00792. The smallest absolute Gasteiger partial charge is 0.410 e. The van der Waals surface area contributed by atoms with E-state index in [0.717, 1.165) is 19.4 Å². The van der Waals surface area contributed by atoms with Gasteiger partial charge in [-0.3, -0.25) is 0 Å². The first-order chi connectivity index (χ1) is 7.86. The lowest BCUT2D eigenvalue weighted by Crippen LogP contribution is -2.53. The molecule has 4 heteroatoms. The Bertz CT molecular complexity index is 317. The number of rotatable bonds is 1. The molecule has 2 atom stereocenters. The van der Waals surface area contributed by atoms with Crippen molar-refractivity contribution in [1.29, 1.82) is 0 Å². The number of ether oxygens (including phenoxy) is 1. The molecule has 0 aromatic heterocycles. The standard InChI is InChI=1S/C13H24N2O2.H2/c1-12(2,3)17-11(16)15-8-10-5-4-6-13(15,7-10)9-14;/h10H,4-9,14H2,1-3H3;1H. The summed E-state index contributed by atoms with van der Waals surface area (Å²) in [5.41, 5.74) is 5.37. The minimum absolute atomic E-state index is 0. The minimum atomic E-state index is -0.427. The van der Waals surface area contributed by atoms with Crippen LogP contribution in [0.15, 0.2) is 0 Å². The summed E-state index contributed by atoms with van der Waals surface area (Å²) in [6.45, 7) is 7.10.